The molecular formula is C12H14N2O. The second-order valence-electron chi connectivity index (χ2n) is 5.44. The van der Waals surface area contributed by atoms with Crippen molar-refractivity contribution in [3.63, 3.8) is 0 Å². The van der Waals surface area contributed by atoms with Gasteiger partial charge >= 0.3 is 0 Å². The van der Waals surface area contributed by atoms with E-state index in [0.29, 0.717) is 11.8 Å². The predicted molar refractivity (Wildman–Crippen MR) is 53.5 cm³/mol. The minimum atomic E-state index is -0.699. The van der Waals surface area contributed by atoms with Gasteiger partial charge < -0.3 is 0 Å². The van der Waals surface area contributed by atoms with Gasteiger partial charge in [-0.15, -0.1) is 0 Å². The summed E-state index contributed by atoms with van der Waals surface area (Å²) in [6.45, 7) is 0. The zero-order valence-electron chi connectivity index (χ0n) is 8.65. The number of isocyanates is 1. The van der Waals surface area contributed by atoms with Gasteiger partial charge in [-0.3, -0.25) is 0 Å². The summed E-state index contributed by atoms with van der Waals surface area (Å²) in [6.07, 6.45) is 7.40. The van der Waals surface area contributed by atoms with Crippen molar-refractivity contribution in [2.75, 3.05) is 0 Å². The van der Waals surface area contributed by atoms with Crippen LogP contribution in [0, 0.1) is 35.0 Å². The van der Waals surface area contributed by atoms with E-state index in [-0.39, 0.29) is 0 Å². The molecule has 0 aliphatic heterocycles. The van der Waals surface area contributed by atoms with E-state index < -0.39 is 5.54 Å². The number of hydrogen-bond acceptors (Lipinski definition) is 3. The molecule has 78 valence electrons. The van der Waals surface area contributed by atoms with Gasteiger partial charge in [0.15, 0.2) is 5.54 Å². The van der Waals surface area contributed by atoms with Crippen LogP contribution in [-0.4, -0.2) is 11.6 Å². The maximum absolute atomic E-state index is 10.5. The van der Waals surface area contributed by atoms with Gasteiger partial charge in [0.25, 0.3) is 0 Å². The van der Waals surface area contributed by atoms with Crippen LogP contribution in [-0.2, 0) is 4.79 Å². The standard InChI is InChI=1S/C12H14N2O/c13-6-12(14-7-15)10-2-8-1-9(4-10)5-11(12)3-8/h8-11H,1-5H2. The Kier molecular flexibility index (Phi) is 1.78. The van der Waals surface area contributed by atoms with Crippen LogP contribution in [0.4, 0.5) is 0 Å². The highest BCUT2D eigenvalue weighted by Gasteiger charge is 2.58. The van der Waals surface area contributed by atoms with E-state index in [9.17, 15) is 10.1 Å². The second-order valence-corrected chi connectivity index (χ2v) is 5.44. The first-order valence-electron chi connectivity index (χ1n) is 5.78. The fourth-order valence-corrected chi connectivity index (χ4v) is 4.37. The van der Waals surface area contributed by atoms with Crippen LogP contribution in [0.5, 0.6) is 0 Å². The van der Waals surface area contributed by atoms with Crippen molar-refractivity contribution < 1.29 is 4.79 Å². The van der Waals surface area contributed by atoms with E-state index in [1.54, 1.807) is 6.08 Å². The van der Waals surface area contributed by atoms with Crippen LogP contribution in [0.15, 0.2) is 4.99 Å². The van der Waals surface area contributed by atoms with Crippen molar-refractivity contribution >= 4 is 6.08 Å². The zero-order valence-corrected chi connectivity index (χ0v) is 8.65. The number of nitriles is 1. The summed E-state index contributed by atoms with van der Waals surface area (Å²) in [5.74, 6) is 2.27. The summed E-state index contributed by atoms with van der Waals surface area (Å²) in [7, 11) is 0. The Morgan fingerprint density at radius 2 is 1.60 bits per heavy atom. The number of hydrogen-bond donors (Lipinski definition) is 0. The van der Waals surface area contributed by atoms with Crippen LogP contribution in [0.1, 0.15) is 32.1 Å². The summed E-state index contributed by atoms with van der Waals surface area (Å²) in [4.78, 5) is 14.4. The van der Waals surface area contributed by atoms with Gasteiger partial charge in [0.1, 0.15) is 0 Å². The van der Waals surface area contributed by atoms with Crippen LogP contribution in [0.2, 0.25) is 0 Å². The molecule has 0 unspecified atom stereocenters. The highest BCUT2D eigenvalue weighted by molar-refractivity contribution is 5.39. The van der Waals surface area contributed by atoms with Crippen molar-refractivity contribution in [2.45, 2.75) is 37.6 Å². The molecule has 0 heterocycles. The molecule has 4 bridgehead atoms. The number of carbonyl (C=O) groups excluding carboxylic acids is 1. The lowest BCUT2D eigenvalue weighted by molar-refractivity contribution is -0.0285. The molecule has 4 aliphatic rings. The van der Waals surface area contributed by atoms with Gasteiger partial charge in [0.2, 0.25) is 6.08 Å². The summed E-state index contributed by atoms with van der Waals surface area (Å²) in [6, 6.07) is 2.33. The molecule has 0 N–H and O–H groups in total. The number of rotatable bonds is 1. The third kappa shape index (κ3) is 1.06. The lowest BCUT2D eigenvalue weighted by Crippen LogP contribution is -2.55. The minimum absolute atomic E-state index is 0.334. The predicted octanol–water partition coefficient (Wildman–Crippen LogP) is 2.04. The van der Waals surface area contributed by atoms with Gasteiger partial charge in [0, 0.05) is 0 Å². The Balaban J connectivity index is 2.04. The van der Waals surface area contributed by atoms with E-state index in [2.05, 4.69) is 11.1 Å². The highest BCUT2D eigenvalue weighted by Crippen LogP contribution is 2.59. The SMILES string of the molecule is N#CC1(N=C=O)C2CC3CC(C2)CC1C3. The molecule has 0 atom stereocenters. The maximum Gasteiger partial charge on any atom is 0.236 e. The smallest absolute Gasteiger partial charge is 0.211 e. The summed E-state index contributed by atoms with van der Waals surface area (Å²) >= 11 is 0. The van der Waals surface area contributed by atoms with E-state index in [1.807, 2.05) is 0 Å². The van der Waals surface area contributed by atoms with Crippen molar-refractivity contribution in [1.29, 1.82) is 5.26 Å². The molecule has 4 aliphatic carbocycles. The summed E-state index contributed by atoms with van der Waals surface area (Å²) < 4.78 is 0. The Morgan fingerprint density at radius 1 is 1.07 bits per heavy atom. The highest BCUT2D eigenvalue weighted by atomic mass is 16.1. The molecule has 0 spiro atoms. The van der Waals surface area contributed by atoms with E-state index in [0.717, 1.165) is 37.5 Å². The van der Waals surface area contributed by atoms with Crippen molar-refractivity contribution in [2.24, 2.45) is 28.7 Å². The minimum Gasteiger partial charge on any atom is -0.211 e. The molecule has 0 amide bonds. The molecule has 4 rings (SSSR count). The Hall–Kier alpha value is -1.13. The van der Waals surface area contributed by atoms with Gasteiger partial charge in [0.05, 0.1) is 6.07 Å². The molecule has 0 aromatic heterocycles. The molecule has 0 aromatic rings. The molecule has 3 nitrogen and oxygen atoms in total. The monoisotopic (exact) mass is 202 g/mol. The molecule has 15 heavy (non-hydrogen) atoms. The largest absolute Gasteiger partial charge is 0.236 e. The first kappa shape index (κ1) is 9.12. The van der Waals surface area contributed by atoms with Crippen LogP contribution < -0.4 is 0 Å². The molecule has 4 saturated carbocycles. The van der Waals surface area contributed by atoms with Gasteiger partial charge in [-0.2, -0.15) is 10.3 Å². The Bertz CT molecular complexity index is 348. The average Bonchev–Trinajstić information content (AvgIpc) is 2.23. The maximum atomic E-state index is 10.5. The third-order valence-corrected chi connectivity index (χ3v) is 4.79. The molecule has 4 fully saturated rings. The quantitative estimate of drug-likeness (QED) is 0.482. The lowest BCUT2D eigenvalue weighted by Gasteiger charge is -2.55. The zero-order chi connectivity index (χ0) is 10.5. The lowest BCUT2D eigenvalue weighted by atomic mass is 9.49. The number of aliphatic imine (C=N–C) groups is 1. The van der Waals surface area contributed by atoms with E-state index in [4.69, 9.17) is 0 Å². The van der Waals surface area contributed by atoms with E-state index >= 15 is 0 Å². The van der Waals surface area contributed by atoms with Gasteiger partial charge in [-0.05, 0) is 55.8 Å². The second kappa shape index (κ2) is 2.93. The molecule has 0 aromatic carbocycles. The summed E-state index contributed by atoms with van der Waals surface area (Å²) in [5, 5.41) is 9.36. The van der Waals surface area contributed by atoms with Gasteiger partial charge in [-0.1, -0.05) is 0 Å². The van der Waals surface area contributed by atoms with Crippen molar-refractivity contribution in [1.82, 2.24) is 0 Å². The van der Waals surface area contributed by atoms with Crippen molar-refractivity contribution in [3.05, 3.63) is 0 Å². The van der Waals surface area contributed by atoms with E-state index in [1.165, 1.54) is 6.42 Å². The average molecular weight is 202 g/mol. The first-order valence-corrected chi connectivity index (χ1v) is 5.78. The topological polar surface area (TPSA) is 53.2 Å². The molecule has 0 radical (unpaired) electrons. The third-order valence-electron chi connectivity index (χ3n) is 4.79. The summed E-state index contributed by atoms with van der Waals surface area (Å²) in [5.41, 5.74) is -0.699. The van der Waals surface area contributed by atoms with Crippen LogP contribution in [0.25, 0.3) is 0 Å². The fourth-order valence-electron chi connectivity index (χ4n) is 4.37. The van der Waals surface area contributed by atoms with Gasteiger partial charge in [-0.25, -0.2) is 4.79 Å². The fraction of sp³-hybridized carbons (Fsp3) is 0.833. The Morgan fingerprint density at radius 3 is 2.00 bits per heavy atom. The van der Waals surface area contributed by atoms with Crippen LogP contribution >= 0.6 is 0 Å². The molecule has 3 heteroatoms. The molecule has 0 saturated heterocycles. The van der Waals surface area contributed by atoms with Crippen molar-refractivity contribution in [3.8, 4) is 6.07 Å². The Labute approximate surface area is 89.2 Å². The first-order chi connectivity index (χ1) is 7.28. The van der Waals surface area contributed by atoms with Crippen LogP contribution in [0.3, 0.4) is 0 Å². The number of nitrogens with zero attached hydrogens (tertiary/aromatic N) is 2. The molecular weight excluding hydrogens is 188 g/mol. The normalized spacial score (nSPS) is 50.9.